The topological polar surface area (TPSA) is 42.5 Å². The van der Waals surface area contributed by atoms with E-state index >= 15 is 0 Å². The van der Waals surface area contributed by atoms with Crippen LogP contribution in [0.2, 0.25) is 0 Å². The summed E-state index contributed by atoms with van der Waals surface area (Å²) in [5.74, 6) is 2.64. The predicted molar refractivity (Wildman–Crippen MR) is 105 cm³/mol. The molecule has 0 fully saturated rings. The van der Waals surface area contributed by atoms with Crippen LogP contribution in [-0.4, -0.2) is 15.0 Å². The molecule has 0 N–H and O–H groups in total. The van der Waals surface area contributed by atoms with Crippen LogP contribution in [0.15, 0.2) is 85.5 Å². The van der Waals surface area contributed by atoms with E-state index in [9.17, 15) is 0 Å². The fourth-order valence-corrected chi connectivity index (χ4v) is 2.85. The van der Waals surface area contributed by atoms with Gasteiger partial charge in [-0.05, 0) is 53.4 Å². The summed E-state index contributed by atoms with van der Waals surface area (Å²) < 4.78 is 1.96. The Labute approximate surface area is 158 Å². The Kier molecular flexibility index (Phi) is 4.67. The summed E-state index contributed by atoms with van der Waals surface area (Å²) >= 11 is 0. The number of hydrogen-bond acceptors (Lipinski definition) is 3. The zero-order valence-electron chi connectivity index (χ0n) is 14.7. The molecule has 27 heavy (non-hydrogen) atoms. The summed E-state index contributed by atoms with van der Waals surface area (Å²) in [6, 6.07) is 19.8. The van der Waals surface area contributed by atoms with E-state index < -0.39 is 0 Å². The van der Waals surface area contributed by atoms with Crippen molar-refractivity contribution in [2.24, 2.45) is 0 Å². The number of aromatic nitrogens is 4. The molecule has 0 aliphatic rings. The van der Waals surface area contributed by atoms with E-state index in [0.29, 0.717) is 6.54 Å². The molecule has 0 aliphatic carbocycles. The van der Waals surface area contributed by atoms with E-state index in [1.165, 1.54) is 0 Å². The maximum Gasteiger partial charge on any atom is 0.208 e. The van der Waals surface area contributed by atoms with Crippen molar-refractivity contribution in [2.45, 2.75) is 6.54 Å². The van der Waals surface area contributed by atoms with Crippen molar-refractivity contribution in [1.82, 2.24) is 15.0 Å². The average Bonchev–Trinajstić information content (AvgIpc) is 2.75. The standard InChI is InChI=1S/C23H17N4/c1-2-13-27-14-9-18(10-15-27)19-16-22(20-7-3-5-11-24-20)26-23(17-19)21-8-4-6-12-25-21/h1,3-12,14-17H,13H2/q+1. The predicted octanol–water partition coefficient (Wildman–Crippen LogP) is 3.79. The number of hydrogen-bond donors (Lipinski definition) is 0. The first-order valence-electron chi connectivity index (χ1n) is 8.61. The number of nitrogens with zero attached hydrogens (tertiary/aromatic N) is 4. The van der Waals surface area contributed by atoms with E-state index in [4.69, 9.17) is 11.4 Å². The first-order chi connectivity index (χ1) is 13.3. The fraction of sp³-hybridized carbons (Fsp3) is 0.0435. The van der Waals surface area contributed by atoms with Crippen LogP contribution in [0.5, 0.6) is 0 Å². The minimum atomic E-state index is 0.551. The highest BCUT2D eigenvalue weighted by molar-refractivity contribution is 5.74. The van der Waals surface area contributed by atoms with Crippen molar-refractivity contribution in [2.75, 3.05) is 0 Å². The van der Waals surface area contributed by atoms with Crippen molar-refractivity contribution < 1.29 is 4.57 Å². The molecular weight excluding hydrogens is 332 g/mol. The summed E-state index contributed by atoms with van der Waals surface area (Å²) in [4.78, 5) is 13.7. The van der Waals surface area contributed by atoms with E-state index in [-0.39, 0.29) is 0 Å². The van der Waals surface area contributed by atoms with E-state index in [0.717, 1.165) is 33.9 Å². The third-order valence-corrected chi connectivity index (χ3v) is 4.18. The van der Waals surface area contributed by atoms with Crippen LogP contribution in [-0.2, 0) is 6.54 Å². The molecule has 4 aromatic heterocycles. The van der Waals surface area contributed by atoms with E-state index in [1.807, 2.05) is 53.4 Å². The summed E-state index contributed by atoms with van der Waals surface area (Å²) in [5.41, 5.74) is 5.42. The van der Waals surface area contributed by atoms with Gasteiger partial charge in [0.15, 0.2) is 12.4 Å². The molecule has 4 aromatic rings. The molecule has 0 amide bonds. The summed E-state index contributed by atoms with van der Waals surface area (Å²) in [6.45, 7) is 0.551. The molecular formula is C23H17N4+. The maximum atomic E-state index is 5.39. The molecule has 0 aliphatic heterocycles. The molecule has 4 nitrogen and oxygen atoms in total. The molecule has 0 saturated heterocycles. The Hall–Kier alpha value is -3.84. The van der Waals surface area contributed by atoms with Crippen LogP contribution in [0.25, 0.3) is 33.9 Å². The van der Waals surface area contributed by atoms with Gasteiger partial charge in [0.05, 0.1) is 22.8 Å². The minimum Gasteiger partial charge on any atom is -0.255 e. The lowest BCUT2D eigenvalue weighted by atomic mass is 10.0. The third-order valence-electron chi connectivity index (χ3n) is 4.18. The van der Waals surface area contributed by atoms with E-state index in [2.05, 4.69) is 40.2 Å². The highest BCUT2D eigenvalue weighted by Gasteiger charge is 2.11. The van der Waals surface area contributed by atoms with Gasteiger partial charge < -0.3 is 0 Å². The van der Waals surface area contributed by atoms with Gasteiger partial charge in [0.1, 0.15) is 0 Å². The zero-order chi connectivity index (χ0) is 18.5. The summed E-state index contributed by atoms with van der Waals surface area (Å²) in [5, 5.41) is 0. The quantitative estimate of drug-likeness (QED) is 0.416. The van der Waals surface area contributed by atoms with Gasteiger partial charge in [0.25, 0.3) is 0 Å². The van der Waals surface area contributed by atoms with Gasteiger partial charge in [-0.25, -0.2) is 4.98 Å². The van der Waals surface area contributed by atoms with Gasteiger partial charge in [-0.15, -0.1) is 6.42 Å². The van der Waals surface area contributed by atoms with Gasteiger partial charge in [0.2, 0.25) is 6.54 Å². The Balaban J connectivity index is 1.84. The van der Waals surface area contributed by atoms with Gasteiger partial charge in [0, 0.05) is 24.5 Å². The molecule has 0 unspecified atom stereocenters. The molecule has 0 atom stereocenters. The monoisotopic (exact) mass is 349 g/mol. The van der Waals surface area contributed by atoms with Gasteiger partial charge >= 0.3 is 0 Å². The molecule has 0 aromatic carbocycles. The van der Waals surface area contributed by atoms with Crippen LogP contribution in [0.4, 0.5) is 0 Å². The van der Waals surface area contributed by atoms with Crippen LogP contribution >= 0.6 is 0 Å². The van der Waals surface area contributed by atoms with Crippen molar-refractivity contribution in [3.8, 4) is 46.2 Å². The second-order valence-corrected chi connectivity index (χ2v) is 6.02. The molecule has 4 heteroatoms. The van der Waals surface area contributed by atoms with Crippen molar-refractivity contribution >= 4 is 0 Å². The first-order valence-corrected chi connectivity index (χ1v) is 8.61. The van der Waals surface area contributed by atoms with Crippen molar-refractivity contribution in [3.63, 3.8) is 0 Å². The van der Waals surface area contributed by atoms with Crippen molar-refractivity contribution in [3.05, 3.63) is 85.5 Å². The Morgan fingerprint density at radius 1 is 0.741 bits per heavy atom. The smallest absolute Gasteiger partial charge is 0.208 e. The van der Waals surface area contributed by atoms with Crippen LogP contribution in [0.3, 0.4) is 0 Å². The summed E-state index contributed by atoms with van der Waals surface area (Å²) in [6.07, 6.45) is 12.9. The molecule has 0 bridgehead atoms. The molecule has 128 valence electrons. The lowest BCUT2D eigenvalue weighted by molar-refractivity contribution is -0.684. The van der Waals surface area contributed by atoms with Crippen LogP contribution in [0, 0.1) is 12.3 Å². The normalized spacial score (nSPS) is 10.3. The number of terminal acetylenes is 1. The second-order valence-electron chi connectivity index (χ2n) is 6.02. The zero-order valence-corrected chi connectivity index (χ0v) is 14.7. The molecule has 4 heterocycles. The third kappa shape index (κ3) is 3.73. The second kappa shape index (κ2) is 7.59. The molecule has 0 saturated carbocycles. The first kappa shape index (κ1) is 16.6. The molecule has 0 radical (unpaired) electrons. The summed E-state index contributed by atoms with van der Waals surface area (Å²) in [7, 11) is 0. The van der Waals surface area contributed by atoms with Gasteiger partial charge in [-0.2, -0.15) is 4.57 Å². The number of pyridine rings is 4. The van der Waals surface area contributed by atoms with Crippen molar-refractivity contribution in [1.29, 1.82) is 0 Å². The maximum absolute atomic E-state index is 5.39. The van der Waals surface area contributed by atoms with Crippen LogP contribution < -0.4 is 4.57 Å². The SMILES string of the molecule is C#CC[n+]1ccc(-c2cc(-c3ccccn3)nc(-c3ccccn3)c2)cc1. The van der Waals surface area contributed by atoms with Gasteiger partial charge in [-0.1, -0.05) is 12.1 Å². The average molecular weight is 349 g/mol. The minimum absolute atomic E-state index is 0.551. The lowest BCUT2D eigenvalue weighted by Crippen LogP contribution is -2.31. The molecule has 0 spiro atoms. The largest absolute Gasteiger partial charge is 0.255 e. The lowest BCUT2D eigenvalue weighted by Gasteiger charge is -2.09. The number of rotatable bonds is 4. The van der Waals surface area contributed by atoms with Gasteiger partial charge in [-0.3, -0.25) is 9.97 Å². The highest BCUT2D eigenvalue weighted by atomic mass is 14.9. The fourth-order valence-electron chi connectivity index (χ4n) is 2.85. The Bertz CT molecular complexity index is 1030. The molecule has 4 rings (SSSR count). The Morgan fingerprint density at radius 2 is 1.33 bits per heavy atom. The van der Waals surface area contributed by atoms with Crippen LogP contribution in [0.1, 0.15) is 0 Å². The highest BCUT2D eigenvalue weighted by Crippen LogP contribution is 2.28. The van der Waals surface area contributed by atoms with E-state index in [1.54, 1.807) is 12.4 Å². The Morgan fingerprint density at radius 3 is 1.81 bits per heavy atom.